The second kappa shape index (κ2) is 8.08. The highest BCUT2D eigenvalue weighted by Gasteiger charge is 2.18. The summed E-state index contributed by atoms with van der Waals surface area (Å²) in [5.74, 6) is 0.756. The first kappa shape index (κ1) is 15.9. The molecule has 3 nitrogen and oxygen atoms in total. The van der Waals surface area contributed by atoms with Crippen LogP contribution in [0.2, 0.25) is 0 Å². The normalized spacial score (nSPS) is 13.0. The van der Waals surface area contributed by atoms with Crippen LogP contribution in [0.3, 0.4) is 0 Å². The summed E-state index contributed by atoms with van der Waals surface area (Å²) in [6.45, 7) is 7.83. The zero-order chi connectivity index (χ0) is 15.1. The second-order valence-electron chi connectivity index (χ2n) is 5.70. The average molecular weight is 285 g/mol. The lowest BCUT2D eigenvalue weighted by molar-refractivity contribution is 0.372. The van der Waals surface area contributed by atoms with E-state index < -0.39 is 0 Å². The fourth-order valence-electron chi connectivity index (χ4n) is 2.89. The molecule has 114 valence electrons. The van der Waals surface area contributed by atoms with E-state index in [0.717, 1.165) is 29.9 Å². The Kier molecular flexibility index (Phi) is 6.12. The molecule has 0 aliphatic carbocycles. The monoisotopic (exact) mass is 285 g/mol. The first-order valence-electron chi connectivity index (χ1n) is 8.23. The molecular formula is C18H27N3. The maximum atomic E-state index is 4.57. The molecule has 1 aromatic heterocycles. The van der Waals surface area contributed by atoms with Crippen LogP contribution < -0.4 is 5.32 Å². The minimum atomic E-state index is 0.371. The van der Waals surface area contributed by atoms with Gasteiger partial charge in [-0.1, -0.05) is 45.7 Å². The lowest BCUT2D eigenvalue weighted by atomic mass is 9.90. The molecule has 0 radical (unpaired) electrons. The molecule has 0 saturated heterocycles. The predicted octanol–water partition coefficient (Wildman–Crippen LogP) is 4.50. The summed E-state index contributed by atoms with van der Waals surface area (Å²) in [5, 5.41) is 3.71. The van der Waals surface area contributed by atoms with Gasteiger partial charge >= 0.3 is 0 Å². The molecule has 0 bridgehead atoms. The van der Waals surface area contributed by atoms with Crippen LogP contribution in [0, 0.1) is 5.92 Å². The minimum absolute atomic E-state index is 0.371. The summed E-state index contributed by atoms with van der Waals surface area (Å²) in [5.41, 5.74) is 3.32. The van der Waals surface area contributed by atoms with Crippen molar-refractivity contribution in [1.29, 1.82) is 0 Å². The van der Waals surface area contributed by atoms with E-state index in [1.807, 2.05) is 6.07 Å². The number of hydrogen-bond acceptors (Lipinski definition) is 3. The molecule has 21 heavy (non-hydrogen) atoms. The largest absolute Gasteiger partial charge is 0.310 e. The van der Waals surface area contributed by atoms with Gasteiger partial charge in [0.2, 0.25) is 0 Å². The highest BCUT2D eigenvalue weighted by Crippen LogP contribution is 2.28. The van der Waals surface area contributed by atoms with Gasteiger partial charge in [-0.25, -0.2) is 0 Å². The fourth-order valence-corrected chi connectivity index (χ4v) is 2.89. The van der Waals surface area contributed by atoms with Crippen LogP contribution in [0.4, 0.5) is 0 Å². The third kappa shape index (κ3) is 4.01. The Hall–Kier alpha value is -1.48. The van der Waals surface area contributed by atoms with Crippen LogP contribution in [-0.2, 0) is 0 Å². The third-order valence-electron chi connectivity index (χ3n) is 4.27. The average Bonchev–Trinajstić information content (AvgIpc) is 2.55. The van der Waals surface area contributed by atoms with Crippen molar-refractivity contribution in [1.82, 2.24) is 15.3 Å². The quantitative estimate of drug-likeness (QED) is 0.776. The van der Waals surface area contributed by atoms with Crippen molar-refractivity contribution < 1.29 is 0 Å². The van der Waals surface area contributed by atoms with E-state index in [4.69, 9.17) is 0 Å². The Labute approximate surface area is 128 Å². The number of rotatable bonds is 8. The summed E-state index contributed by atoms with van der Waals surface area (Å²) in [6, 6.07) is 6.71. The van der Waals surface area contributed by atoms with Crippen LogP contribution in [-0.4, -0.2) is 16.5 Å². The van der Waals surface area contributed by atoms with E-state index in [1.165, 1.54) is 24.8 Å². The van der Waals surface area contributed by atoms with Crippen LogP contribution in [0.5, 0.6) is 0 Å². The number of nitrogens with one attached hydrogen (secondary N) is 1. The third-order valence-corrected chi connectivity index (χ3v) is 4.27. The topological polar surface area (TPSA) is 37.8 Å². The van der Waals surface area contributed by atoms with Gasteiger partial charge in [-0.3, -0.25) is 9.97 Å². The van der Waals surface area contributed by atoms with Gasteiger partial charge in [0.15, 0.2) is 0 Å². The Morgan fingerprint density at radius 3 is 2.52 bits per heavy atom. The summed E-state index contributed by atoms with van der Waals surface area (Å²) in [4.78, 5) is 9.00. The number of hydrogen-bond donors (Lipinski definition) is 1. The molecule has 1 aromatic carbocycles. The molecule has 1 N–H and O–H groups in total. The summed E-state index contributed by atoms with van der Waals surface area (Å²) >= 11 is 0. The van der Waals surface area contributed by atoms with Crippen molar-refractivity contribution in [3.8, 4) is 0 Å². The van der Waals surface area contributed by atoms with Crippen molar-refractivity contribution in [2.45, 2.75) is 52.5 Å². The van der Waals surface area contributed by atoms with Crippen LogP contribution in [0.25, 0.3) is 11.0 Å². The summed E-state index contributed by atoms with van der Waals surface area (Å²) in [7, 11) is 0. The van der Waals surface area contributed by atoms with Gasteiger partial charge in [-0.2, -0.15) is 0 Å². The first-order valence-corrected chi connectivity index (χ1v) is 8.23. The number of benzene rings is 1. The second-order valence-corrected chi connectivity index (χ2v) is 5.70. The summed E-state index contributed by atoms with van der Waals surface area (Å²) < 4.78 is 0. The molecule has 1 unspecified atom stereocenters. The first-order chi connectivity index (χ1) is 10.3. The number of fused-ring (bicyclic) bond motifs is 1. The molecule has 0 aliphatic heterocycles. The molecule has 2 aromatic rings. The van der Waals surface area contributed by atoms with Gasteiger partial charge in [0.05, 0.1) is 11.0 Å². The molecule has 1 atom stereocenters. The zero-order valence-corrected chi connectivity index (χ0v) is 13.5. The van der Waals surface area contributed by atoms with Gasteiger partial charge in [0.1, 0.15) is 0 Å². The predicted molar refractivity (Wildman–Crippen MR) is 89.3 cm³/mol. The molecule has 0 spiro atoms. The van der Waals surface area contributed by atoms with Gasteiger partial charge in [-0.05, 0) is 36.9 Å². The van der Waals surface area contributed by atoms with E-state index in [-0.39, 0.29) is 0 Å². The van der Waals surface area contributed by atoms with Crippen molar-refractivity contribution in [2.75, 3.05) is 6.54 Å². The van der Waals surface area contributed by atoms with Crippen molar-refractivity contribution in [3.63, 3.8) is 0 Å². The van der Waals surface area contributed by atoms with E-state index in [9.17, 15) is 0 Å². The molecule has 0 saturated carbocycles. The van der Waals surface area contributed by atoms with Crippen LogP contribution >= 0.6 is 0 Å². The van der Waals surface area contributed by atoms with Crippen molar-refractivity contribution in [3.05, 3.63) is 36.2 Å². The molecule has 0 fully saturated rings. The molecule has 1 heterocycles. The molecule has 2 rings (SSSR count). The van der Waals surface area contributed by atoms with E-state index >= 15 is 0 Å². The number of para-hydroxylation sites is 1. The SMILES string of the molecule is CCCNC(CC(CC)CC)c1cccc2nccnc12. The smallest absolute Gasteiger partial charge is 0.0934 e. The summed E-state index contributed by atoms with van der Waals surface area (Å²) in [6.07, 6.45) is 8.34. The lowest BCUT2D eigenvalue weighted by Crippen LogP contribution is -2.25. The van der Waals surface area contributed by atoms with Crippen molar-refractivity contribution >= 4 is 11.0 Å². The maximum Gasteiger partial charge on any atom is 0.0934 e. The molecule has 0 aliphatic rings. The van der Waals surface area contributed by atoms with Gasteiger partial charge in [0.25, 0.3) is 0 Å². The van der Waals surface area contributed by atoms with Gasteiger partial charge in [-0.15, -0.1) is 0 Å². The highest BCUT2D eigenvalue weighted by atomic mass is 14.9. The fraction of sp³-hybridized carbons (Fsp3) is 0.556. The highest BCUT2D eigenvalue weighted by molar-refractivity contribution is 5.78. The minimum Gasteiger partial charge on any atom is -0.310 e. The molecule has 0 amide bonds. The Balaban J connectivity index is 2.33. The Bertz CT molecular complexity index is 544. The maximum absolute atomic E-state index is 4.57. The number of aromatic nitrogens is 2. The van der Waals surface area contributed by atoms with Crippen LogP contribution in [0.15, 0.2) is 30.6 Å². The van der Waals surface area contributed by atoms with Gasteiger partial charge in [0, 0.05) is 18.4 Å². The Morgan fingerprint density at radius 2 is 1.81 bits per heavy atom. The number of nitrogens with zero attached hydrogens (tertiary/aromatic N) is 2. The van der Waals surface area contributed by atoms with E-state index in [1.54, 1.807) is 12.4 Å². The standard InChI is InChI=1S/C18H27N3/c1-4-10-19-17(13-14(5-2)6-3)15-8-7-9-16-18(15)21-12-11-20-16/h7-9,11-12,14,17,19H,4-6,10,13H2,1-3H3. The molecule has 3 heteroatoms. The lowest BCUT2D eigenvalue weighted by Gasteiger charge is -2.24. The van der Waals surface area contributed by atoms with E-state index in [0.29, 0.717) is 6.04 Å². The van der Waals surface area contributed by atoms with Gasteiger partial charge < -0.3 is 5.32 Å². The van der Waals surface area contributed by atoms with Crippen molar-refractivity contribution in [2.24, 2.45) is 5.92 Å². The zero-order valence-electron chi connectivity index (χ0n) is 13.5. The Morgan fingerprint density at radius 1 is 1.05 bits per heavy atom. The molecular weight excluding hydrogens is 258 g/mol. The van der Waals surface area contributed by atoms with E-state index in [2.05, 4.69) is 48.2 Å². The van der Waals surface area contributed by atoms with Crippen LogP contribution in [0.1, 0.15) is 58.1 Å².